The molecule has 0 aliphatic carbocycles. The Morgan fingerprint density at radius 1 is 0.509 bits per heavy atom. The summed E-state index contributed by atoms with van der Waals surface area (Å²) in [5.74, 6) is 3.89. The van der Waals surface area contributed by atoms with Crippen LogP contribution < -0.4 is 29.6 Å². The molecular weight excluding hydrogens is 665 g/mol. The molecule has 2 aliphatic rings. The van der Waals surface area contributed by atoms with Gasteiger partial charge in [-0.3, -0.25) is 0 Å². The lowest BCUT2D eigenvalue weighted by Gasteiger charge is -2.17. The van der Waals surface area contributed by atoms with Gasteiger partial charge in [-0.05, 0) is 73.9 Å². The minimum absolute atomic E-state index is 0.446. The maximum atomic E-state index is 6.52. The standard InChI is InChI=1S/C43H38N6O4/c1-2-5-24-53-40-28-33(47-42-44-20-19-39(48-42)30-11-8-14-34(25-30)50-21-4-1)17-18-37(40)38-29-45-43-46-32-13-10-16-36(27-32)52-23-7-3-6-22-51-35-15-9-12-31(26-35)41(38)49-43/h1-3,7-20,25-29H,4-6,21-24H2,(H,44,47,48)(H,45,46,49)/b2-1+,7-3?. The molecule has 10 nitrogen and oxygen atoms in total. The second-order valence-electron chi connectivity index (χ2n) is 12.4. The van der Waals surface area contributed by atoms with Crippen molar-refractivity contribution in [1.29, 1.82) is 0 Å². The van der Waals surface area contributed by atoms with Crippen LogP contribution in [0.25, 0.3) is 33.6 Å². The van der Waals surface area contributed by atoms with Gasteiger partial charge in [-0.2, -0.15) is 0 Å². The molecule has 10 heteroatoms. The highest BCUT2D eigenvalue weighted by Gasteiger charge is 2.18. The molecule has 4 heterocycles. The summed E-state index contributed by atoms with van der Waals surface area (Å²) in [7, 11) is 0. The van der Waals surface area contributed by atoms with Gasteiger partial charge in [-0.25, -0.2) is 19.9 Å². The molecule has 2 aromatic heterocycles. The van der Waals surface area contributed by atoms with Crippen LogP contribution in [0.3, 0.4) is 0 Å². The smallest absolute Gasteiger partial charge is 0.227 e. The zero-order valence-electron chi connectivity index (χ0n) is 29.1. The number of benzene rings is 4. The number of hydrogen-bond acceptors (Lipinski definition) is 10. The van der Waals surface area contributed by atoms with Gasteiger partial charge >= 0.3 is 0 Å². The number of fused-ring (bicyclic) bond motifs is 14. The molecule has 8 rings (SSSR count). The minimum atomic E-state index is 0.446. The van der Waals surface area contributed by atoms with E-state index < -0.39 is 0 Å². The number of rotatable bonds is 1. The first-order valence-electron chi connectivity index (χ1n) is 17.7. The lowest BCUT2D eigenvalue weighted by molar-refractivity contribution is 0.321. The van der Waals surface area contributed by atoms with Crippen LogP contribution in [0.1, 0.15) is 19.3 Å². The quantitative estimate of drug-likeness (QED) is 0.161. The van der Waals surface area contributed by atoms with Gasteiger partial charge in [0.05, 0.1) is 31.2 Å². The van der Waals surface area contributed by atoms with Gasteiger partial charge in [0.1, 0.15) is 29.6 Å². The molecule has 0 saturated carbocycles. The van der Waals surface area contributed by atoms with Crippen molar-refractivity contribution >= 4 is 23.3 Å². The first kappa shape index (κ1) is 33.5. The largest absolute Gasteiger partial charge is 0.493 e. The summed E-state index contributed by atoms with van der Waals surface area (Å²) in [6.07, 6.45) is 14.2. The monoisotopic (exact) mass is 702 g/mol. The molecule has 0 fully saturated rings. The minimum Gasteiger partial charge on any atom is -0.493 e. The molecule has 2 aliphatic heterocycles. The van der Waals surface area contributed by atoms with Crippen molar-refractivity contribution in [3.63, 3.8) is 0 Å². The summed E-state index contributed by atoms with van der Waals surface area (Å²) in [4.78, 5) is 19.2. The summed E-state index contributed by atoms with van der Waals surface area (Å²) >= 11 is 0. The van der Waals surface area contributed by atoms with Crippen LogP contribution in [0.2, 0.25) is 0 Å². The topological polar surface area (TPSA) is 113 Å². The van der Waals surface area contributed by atoms with Crippen molar-refractivity contribution in [2.24, 2.45) is 0 Å². The molecule has 0 radical (unpaired) electrons. The van der Waals surface area contributed by atoms with Gasteiger partial charge in [0.2, 0.25) is 11.9 Å². The summed E-state index contributed by atoms with van der Waals surface area (Å²) in [6.45, 7) is 2.03. The molecule has 0 saturated heterocycles. The van der Waals surface area contributed by atoms with E-state index in [9.17, 15) is 0 Å². The predicted octanol–water partition coefficient (Wildman–Crippen LogP) is 9.58. The van der Waals surface area contributed by atoms with Gasteiger partial charge in [0.15, 0.2) is 0 Å². The molecule has 0 unspecified atom stereocenters. The van der Waals surface area contributed by atoms with Crippen LogP contribution in [-0.4, -0.2) is 46.4 Å². The van der Waals surface area contributed by atoms with E-state index in [2.05, 4.69) is 33.8 Å². The molecule has 0 atom stereocenters. The predicted molar refractivity (Wildman–Crippen MR) is 207 cm³/mol. The highest BCUT2D eigenvalue weighted by Crippen LogP contribution is 2.40. The maximum Gasteiger partial charge on any atom is 0.227 e. The fraction of sp³-hybridized carbons (Fsp3) is 0.163. The van der Waals surface area contributed by atoms with E-state index >= 15 is 0 Å². The number of aromatic nitrogens is 4. The number of anilines is 4. The van der Waals surface area contributed by atoms with E-state index in [1.807, 2.05) is 109 Å². The Labute approximate surface area is 308 Å². The molecule has 53 heavy (non-hydrogen) atoms. The van der Waals surface area contributed by atoms with Crippen molar-refractivity contribution in [3.05, 3.63) is 134 Å². The molecule has 0 amide bonds. The Hall–Kier alpha value is -6.68. The fourth-order valence-electron chi connectivity index (χ4n) is 6.07. The van der Waals surface area contributed by atoms with Gasteiger partial charge in [0.25, 0.3) is 0 Å². The second-order valence-corrected chi connectivity index (χ2v) is 12.4. The Morgan fingerprint density at radius 2 is 1.17 bits per heavy atom. The van der Waals surface area contributed by atoms with E-state index in [1.165, 1.54) is 0 Å². The molecule has 6 aromatic rings. The highest BCUT2D eigenvalue weighted by atomic mass is 16.5. The summed E-state index contributed by atoms with van der Waals surface area (Å²) in [5.41, 5.74) is 6.58. The Bertz CT molecular complexity index is 2270. The number of hydrogen-bond donors (Lipinski definition) is 2. The Kier molecular flexibility index (Phi) is 10.2. The van der Waals surface area contributed by atoms with Crippen molar-refractivity contribution in [1.82, 2.24) is 19.9 Å². The fourth-order valence-corrected chi connectivity index (χ4v) is 6.07. The van der Waals surface area contributed by atoms with Gasteiger partial charge in [-0.1, -0.05) is 54.6 Å². The van der Waals surface area contributed by atoms with E-state index in [0.29, 0.717) is 44.1 Å². The summed E-state index contributed by atoms with van der Waals surface area (Å²) < 4.78 is 24.6. The zero-order chi connectivity index (χ0) is 35.7. The summed E-state index contributed by atoms with van der Waals surface area (Å²) in [5, 5.41) is 6.75. The van der Waals surface area contributed by atoms with E-state index in [-0.39, 0.29) is 0 Å². The van der Waals surface area contributed by atoms with Gasteiger partial charge in [-0.15, -0.1) is 0 Å². The average Bonchev–Trinajstić information content (AvgIpc) is 3.19. The third-order valence-corrected chi connectivity index (χ3v) is 8.63. The SMILES string of the molecule is C1=CCOc2cccc(c2)Nc2ncc(-c3ccc4cc3OCC/C=C/CCOc3cccc(c3)-c3ccnc(n3)N4)c(n2)-c2cccc(c2)OCC1. The van der Waals surface area contributed by atoms with E-state index in [4.69, 9.17) is 33.9 Å². The lowest BCUT2D eigenvalue weighted by atomic mass is 9.99. The van der Waals surface area contributed by atoms with Crippen LogP contribution >= 0.6 is 0 Å². The van der Waals surface area contributed by atoms with Crippen molar-refractivity contribution < 1.29 is 18.9 Å². The van der Waals surface area contributed by atoms with Gasteiger partial charge < -0.3 is 29.6 Å². The zero-order valence-corrected chi connectivity index (χ0v) is 29.1. The average molecular weight is 703 g/mol. The van der Waals surface area contributed by atoms with Crippen LogP contribution in [0.15, 0.2) is 134 Å². The Morgan fingerprint density at radius 3 is 1.98 bits per heavy atom. The first-order valence-corrected chi connectivity index (χ1v) is 17.7. The third kappa shape index (κ3) is 8.45. The van der Waals surface area contributed by atoms with Crippen LogP contribution in [0.5, 0.6) is 23.0 Å². The molecule has 264 valence electrons. The number of nitrogens with one attached hydrogen (secondary N) is 2. The number of ether oxygens (including phenoxy) is 4. The Balaban J connectivity index is 1.19. The van der Waals surface area contributed by atoms with E-state index in [0.717, 1.165) is 81.5 Å². The molecular formula is C43H38N6O4. The normalized spacial score (nSPS) is 14.9. The maximum absolute atomic E-state index is 6.52. The highest BCUT2D eigenvalue weighted by molar-refractivity contribution is 5.85. The van der Waals surface area contributed by atoms with Crippen LogP contribution in [-0.2, 0) is 0 Å². The van der Waals surface area contributed by atoms with Crippen LogP contribution in [0.4, 0.5) is 23.3 Å². The van der Waals surface area contributed by atoms with Crippen molar-refractivity contribution in [2.75, 3.05) is 37.1 Å². The second kappa shape index (κ2) is 16.1. The molecule has 12 bridgehead atoms. The van der Waals surface area contributed by atoms with E-state index in [1.54, 1.807) is 6.20 Å². The third-order valence-electron chi connectivity index (χ3n) is 8.63. The van der Waals surface area contributed by atoms with Crippen LogP contribution in [0, 0.1) is 0 Å². The summed E-state index contributed by atoms with van der Waals surface area (Å²) in [6, 6.07) is 31.6. The number of nitrogens with zero attached hydrogens (tertiary/aromatic N) is 4. The first-order chi connectivity index (χ1) is 26.2. The molecule has 0 spiro atoms. The van der Waals surface area contributed by atoms with Crippen molar-refractivity contribution in [2.45, 2.75) is 19.3 Å². The molecule has 2 N–H and O–H groups in total. The molecule has 4 aromatic carbocycles. The van der Waals surface area contributed by atoms with Crippen molar-refractivity contribution in [3.8, 4) is 56.6 Å². The lowest BCUT2D eigenvalue weighted by Crippen LogP contribution is -2.04. The van der Waals surface area contributed by atoms with Gasteiger partial charge in [0, 0.05) is 58.2 Å².